The Hall–Kier alpha value is -3.29. The van der Waals surface area contributed by atoms with E-state index >= 15 is 0 Å². The predicted octanol–water partition coefficient (Wildman–Crippen LogP) is 4.28. The summed E-state index contributed by atoms with van der Waals surface area (Å²) in [7, 11) is -3.25. The molecule has 0 spiro atoms. The molecule has 1 amide bonds. The van der Waals surface area contributed by atoms with E-state index < -0.39 is 9.84 Å². The summed E-state index contributed by atoms with van der Waals surface area (Å²) in [6.07, 6.45) is 6.06. The van der Waals surface area contributed by atoms with Crippen molar-refractivity contribution in [1.29, 1.82) is 0 Å². The van der Waals surface area contributed by atoms with Gasteiger partial charge in [0, 0.05) is 41.2 Å². The van der Waals surface area contributed by atoms with E-state index in [0.29, 0.717) is 16.1 Å². The lowest BCUT2D eigenvalue weighted by Gasteiger charge is -2.09. The van der Waals surface area contributed by atoms with Gasteiger partial charge in [0.25, 0.3) is 5.91 Å². The minimum atomic E-state index is -3.25. The number of benzene rings is 2. The molecule has 31 heavy (non-hydrogen) atoms. The first-order valence-corrected chi connectivity index (χ1v) is 11.6. The van der Waals surface area contributed by atoms with Crippen molar-refractivity contribution in [1.82, 2.24) is 15.3 Å². The first kappa shape index (κ1) is 21.0. The van der Waals surface area contributed by atoms with Gasteiger partial charge >= 0.3 is 0 Å². The summed E-state index contributed by atoms with van der Waals surface area (Å²) in [4.78, 5) is 21.6. The van der Waals surface area contributed by atoms with E-state index in [0.717, 1.165) is 28.3 Å². The van der Waals surface area contributed by atoms with Crippen LogP contribution < -0.4 is 5.32 Å². The van der Waals surface area contributed by atoms with Gasteiger partial charge in [-0.3, -0.25) is 14.8 Å². The maximum atomic E-state index is 12.7. The fourth-order valence-corrected chi connectivity index (χ4v) is 3.92. The van der Waals surface area contributed by atoms with Gasteiger partial charge in [-0.2, -0.15) is 0 Å². The molecule has 0 unspecified atom stereocenters. The molecule has 2 aromatic heterocycles. The highest BCUT2D eigenvalue weighted by Crippen LogP contribution is 2.28. The Labute approximate surface area is 184 Å². The van der Waals surface area contributed by atoms with Gasteiger partial charge in [-0.15, -0.1) is 0 Å². The average Bonchev–Trinajstić information content (AvgIpc) is 2.77. The van der Waals surface area contributed by atoms with Crippen LogP contribution in [0.3, 0.4) is 0 Å². The van der Waals surface area contributed by atoms with Gasteiger partial charge in [0.15, 0.2) is 9.84 Å². The first-order valence-electron chi connectivity index (χ1n) is 9.38. The van der Waals surface area contributed by atoms with Crippen molar-refractivity contribution >= 4 is 38.2 Å². The average molecular weight is 452 g/mol. The third kappa shape index (κ3) is 4.73. The van der Waals surface area contributed by atoms with Crippen LogP contribution in [0.5, 0.6) is 0 Å². The summed E-state index contributed by atoms with van der Waals surface area (Å²) in [5.74, 6) is -0.277. The van der Waals surface area contributed by atoms with Gasteiger partial charge in [0.2, 0.25) is 0 Å². The molecule has 0 saturated heterocycles. The largest absolute Gasteiger partial charge is 0.348 e. The molecule has 2 heterocycles. The molecule has 0 aliphatic heterocycles. The van der Waals surface area contributed by atoms with Crippen molar-refractivity contribution in [2.75, 3.05) is 6.26 Å². The minimum Gasteiger partial charge on any atom is -0.348 e. The number of amides is 1. The van der Waals surface area contributed by atoms with Crippen LogP contribution in [0.4, 0.5) is 0 Å². The Balaban J connectivity index is 1.57. The predicted molar refractivity (Wildman–Crippen MR) is 121 cm³/mol. The molecule has 0 aliphatic carbocycles. The molecule has 156 valence electrons. The number of carbonyl (C=O) groups is 1. The second-order valence-corrected chi connectivity index (χ2v) is 9.54. The summed E-state index contributed by atoms with van der Waals surface area (Å²) in [6, 6.07) is 15.6. The summed E-state index contributed by atoms with van der Waals surface area (Å²) >= 11 is 5.99. The second kappa shape index (κ2) is 8.45. The van der Waals surface area contributed by atoms with Gasteiger partial charge in [-0.25, -0.2) is 8.42 Å². The zero-order valence-electron chi connectivity index (χ0n) is 16.5. The van der Waals surface area contributed by atoms with E-state index in [2.05, 4.69) is 15.3 Å². The Bertz CT molecular complexity index is 1370. The smallest absolute Gasteiger partial charge is 0.253 e. The number of nitrogens with one attached hydrogen (secondary N) is 1. The van der Waals surface area contributed by atoms with Crippen LogP contribution in [0.25, 0.3) is 22.0 Å². The molecule has 0 bridgehead atoms. The Morgan fingerprint density at radius 1 is 1.00 bits per heavy atom. The molecule has 0 atom stereocenters. The highest BCUT2D eigenvalue weighted by molar-refractivity contribution is 7.90. The van der Waals surface area contributed by atoms with Gasteiger partial charge < -0.3 is 5.32 Å². The number of sulfone groups is 1. The number of aromatic nitrogens is 2. The van der Waals surface area contributed by atoms with Crippen molar-refractivity contribution < 1.29 is 13.2 Å². The summed E-state index contributed by atoms with van der Waals surface area (Å²) in [5, 5.41) is 4.29. The van der Waals surface area contributed by atoms with Gasteiger partial charge in [-0.05, 0) is 41.5 Å². The molecule has 1 N–H and O–H groups in total. The third-order valence-electron chi connectivity index (χ3n) is 4.83. The maximum Gasteiger partial charge on any atom is 0.253 e. The zero-order chi connectivity index (χ0) is 22.0. The molecule has 0 saturated carbocycles. The van der Waals surface area contributed by atoms with Crippen molar-refractivity contribution in [3.05, 3.63) is 89.3 Å². The Kier molecular flexibility index (Phi) is 5.71. The first-order chi connectivity index (χ1) is 14.8. The van der Waals surface area contributed by atoms with Crippen LogP contribution in [0.1, 0.15) is 15.9 Å². The highest BCUT2D eigenvalue weighted by atomic mass is 35.5. The number of hydrogen-bond donors (Lipinski definition) is 1. The van der Waals surface area contributed by atoms with E-state index in [9.17, 15) is 13.2 Å². The van der Waals surface area contributed by atoms with Crippen molar-refractivity contribution in [3.8, 4) is 11.1 Å². The van der Waals surface area contributed by atoms with Crippen molar-refractivity contribution in [2.24, 2.45) is 0 Å². The molecule has 0 aliphatic rings. The number of hydrogen-bond acceptors (Lipinski definition) is 5. The lowest BCUT2D eigenvalue weighted by molar-refractivity contribution is 0.0950. The molecule has 0 radical (unpaired) electrons. The highest BCUT2D eigenvalue weighted by Gasteiger charge is 2.12. The number of fused-ring (bicyclic) bond motifs is 1. The maximum absolute atomic E-state index is 12.7. The fraction of sp³-hybridized carbons (Fsp3) is 0.0870. The van der Waals surface area contributed by atoms with E-state index in [4.69, 9.17) is 11.6 Å². The van der Waals surface area contributed by atoms with E-state index in [-0.39, 0.29) is 17.3 Å². The monoisotopic (exact) mass is 451 g/mol. The fourth-order valence-electron chi connectivity index (χ4n) is 3.17. The number of nitrogens with zero attached hydrogens (tertiary/aromatic N) is 2. The summed E-state index contributed by atoms with van der Waals surface area (Å²) in [6.45, 7) is 0.265. The summed E-state index contributed by atoms with van der Waals surface area (Å²) in [5.41, 5.74) is 3.67. The van der Waals surface area contributed by atoms with E-state index in [1.807, 2.05) is 12.1 Å². The van der Waals surface area contributed by atoms with Crippen molar-refractivity contribution in [2.45, 2.75) is 11.4 Å². The zero-order valence-corrected chi connectivity index (χ0v) is 18.1. The molecular weight excluding hydrogens is 434 g/mol. The molecule has 8 heteroatoms. The number of halogens is 1. The molecule has 6 nitrogen and oxygen atoms in total. The summed E-state index contributed by atoms with van der Waals surface area (Å²) < 4.78 is 23.1. The van der Waals surface area contributed by atoms with Gasteiger partial charge in [-0.1, -0.05) is 35.9 Å². The number of pyridine rings is 2. The third-order valence-corrected chi connectivity index (χ3v) is 6.21. The molecule has 4 rings (SSSR count). The second-order valence-electron chi connectivity index (χ2n) is 7.08. The lowest BCUT2D eigenvalue weighted by Crippen LogP contribution is -2.23. The molecular formula is C23H18ClN3O3S. The lowest BCUT2D eigenvalue weighted by atomic mass is 10.0. The van der Waals surface area contributed by atoms with Crippen LogP contribution in [-0.2, 0) is 16.4 Å². The number of rotatable bonds is 5. The Morgan fingerprint density at radius 3 is 2.39 bits per heavy atom. The number of carbonyl (C=O) groups excluding carboxylic acids is 1. The van der Waals surface area contributed by atoms with Crippen LogP contribution in [0, 0.1) is 0 Å². The SMILES string of the molecule is CS(=O)(=O)c1ccc(CNC(=O)c2cnc3cncc(-c4ccc(Cl)cc4)c3c2)cc1. The molecule has 0 fully saturated rings. The van der Waals surface area contributed by atoms with Crippen molar-refractivity contribution in [3.63, 3.8) is 0 Å². The van der Waals surface area contributed by atoms with E-state index in [1.165, 1.54) is 18.3 Å². The quantitative estimate of drug-likeness (QED) is 0.489. The normalized spacial score (nSPS) is 11.4. The van der Waals surface area contributed by atoms with E-state index in [1.54, 1.807) is 42.7 Å². The van der Waals surface area contributed by atoms with Crippen LogP contribution in [0.2, 0.25) is 5.02 Å². The standard InChI is InChI=1S/C23H18ClN3O3S/c1-31(29,30)19-8-2-15(3-9-19)11-27-23(28)17-10-20-21(13-25-14-22(20)26-12-17)16-4-6-18(24)7-5-16/h2-10,12-14H,11H2,1H3,(H,27,28). The Morgan fingerprint density at radius 2 is 1.71 bits per heavy atom. The molecule has 4 aromatic rings. The minimum absolute atomic E-state index is 0.240. The topological polar surface area (TPSA) is 89.0 Å². The van der Waals surface area contributed by atoms with Crippen LogP contribution in [-0.4, -0.2) is 30.5 Å². The van der Waals surface area contributed by atoms with Crippen LogP contribution >= 0.6 is 11.6 Å². The van der Waals surface area contributed by atoms with Crippen LogP contribution in [0.15, 0.2) is 78.1 Å². The molecule has 2 aromatic carbocycles. The van der Waals surface area contributed by atoms with Gasteiger partial charge in [0.1, 0.15) is 0 Å². The van der Waals surface area contributed by atoms with Gasteiger partial charge in [0.05, 0.1) is 22.2 Å².